The lowest BCUT2D eigenvalue weighted by Gasteiger charge is -2.30. The number of carbonyl (C=O) groups excluding carboxylic acids is 1. The fourth-order valence-electron chi connectivity index (χ4n) is 3.29. The maximum atomic E-state index is 12.6. The Morgan fingerprint density at radius 2 is 2.04 bits per heavy atom. The Hall–Kier alpha value is -1.17. The molecule has 1 fully saturated rings. The van der Waals surface area contributed by atoms with Crippen LogP contribution in [-0.2, 0) is 0 Å². The van der Waals surface area contributed by atoms with Gasteiger partial charge >= 0.3 is 0 Å². The first-order valence-corrected chi connectivity index (χ1v) is 8.99. The number of amides is 1. The summed E-state index contributed by atoms with van der Waals surface area (Å²) in [6.07, 6.45) is 5.93. The van der Waals surface area contributed by atoms with Gasteiger partial charge in [-0.1, -0.05) is 30.9 Å². The van der Waals surface area contributed by atoms with Gasteiger partial charge in [0.15, 0.2) is 11.5 Å². The fraction of sp³-hybridized carbons (Fsp3) is 0.611. The number of hydrogen-bond donors (Lipinski definition) is 2. The van der Waals surface area contributed by atoms with Gasteiger partial charge in [0.25, 0.3) is 5.91 Å². The zero-order chi connectivity index (χ0) is 17.5. The van der Waals surface area contributed by atoms with Crippen LogP contribution < -0.4 is 20.5 Å². The Kier molecular flexibility index (Phi) is 9.39. The lowest BCUT2D eigenvalue weighted by Crippen LogP contribution is -2.45. The van der Waals surface area contributed by atoms with Crippen LogP contribution in [0, 0.1) is 5.92 Å². The van der Waals surface area contributed by atoms with E-state index in [0.717, 1.165) is 12.8 Å². The van der Waals surface area contributed by atoms with E-state index in [2.05, 4.69) is 5.32 Å². The number of benzene rings is 1. The highest BCUT2D eigenvalue weighted by molar-refractivity contribution is 6.32. The van der Waals surface area contributed by atoms with E-state index in [4.69, 9.17) is 26.8 Å². The zero-order valence-corrected chi connectivity index (χ0v) is 16.4. The normalized spacial score (nSPS) is 15.8. The Morgan fingerprint density at radius 3 is 2.60 bits per heavy atom. The van der Waals surface area contributed by atoms with Crippen LogP contribution in [0.1, 0.15) is 49.4 Å². The Morgan fingerprint density at radius 1 is 1.36 bits per heavy atom. The molecule has 0 aromatic heterocycles. The Balaban J connectivity index is 0.00000312. The lowest BCUT2D eigenvalue weighted by atomic mass is 9.84. The molecular formula is C18H28Cl2N2O3. The van der Waals surface area contributed by atoms with Crippen LogP contribution in [0.3, 0.4) is 0 Å². The van der Waals surface area contributed by atoms with Crippen molar-refractivity contribution in [1.29, 1.82) is 0 Å². The van der Waals surface area contributed by atoms with Crippen molar-refractivity contribution in [2.24, 2.45) is 11.7 Å². The fourth-order valence-corrected chi connectivity index (χ4v) is 3.56. The summed E-state index contributed by atoms with van der Waals surface area (Å²) in [5.74, 6) is 1.18. The monoisotopic (exact) mass is 390 g/mol. The van der Waals surface area contributed by atoms with Crippen LogP contribution in [-0.4, -0.2) is 32.2 Å². The number of hydrogen-bond acceptors (Lipinski definition) is 4. The molecule has 0 bridgehead atoms. The molecule has 1 aromatic rings. The van der Waals surface area contributed by atoms with E-state index in [1.54, 1.807) is 12.1 Å². The van der Waals surface area contributed by atoms with Crippen LogP contribution in [0.4, 0.5) is 0 Å². The molecule has 0 aliphatic heterocycles. The minimum Gasteiger partial charge on any atom is -0.493 e. The Labute approximate surface area is 161 Å². The summed E-state index contributed by atoms with van der Waals surface area (Å²) < 4.78 is 10.8. The predicted octanol–water partition coefficient (Wildman–Crippen LogP) is 3.81. The lowest BCUT2D eigenvalue weighted by molar-refractivity contribution is 0.0915. The first-order chi connectivity index (χ1) is 11.6. The highest BCUT2D eigenvalue weighted by Crippen LogP contribution is 2.36. The smallest absolute Gasteiger partial charge is 0.251 e. The molecule has 0 radical (unpaired) electrons. The van der Waals surface area contributed by atoms with Crippen molar-refractivity contribution in [3.05, 3.63) is 22.7 Å². The van der Waals surface area contributed by atoms with Crippen LogP contribution in [0.25, 0.3) is 0 Å². The summed E-state index contributed by atoms with van der Waals surface area (Å²) in [6.45, 7) is 2.78. The Bertz CT molecular complexity index is 563. The largest absolute Gasteiger partial charge is 0.493 e. The van der Waals surface area contributed by atoms with E-state index in [1.165, 1.54) is 26.4 Å². The summed E-state index contributed by atoms with van der Waals surface area (Å²) >= 11 is 6.25. The molecule has 5 nitrogen and oxygen atoms in total. The minimum absolute atomic E-state index is 0. The van der Waals surface area contributed by atoms with Crippen molar-refractivity contribution in [1.82, 2.24) is 5.32 Å². The number of ether oxygens (including phenoxy) is 2. The molecule has 3 N–H and O–H groups in total. The van der Waals surface area contributed by atoms with Gasteiger partial charge in [-0.15, -0.1) is 12.4 Å². The van der Waals surface area contributed by atoms with Gasteiger partial charge in [-0.3, -0.25) is 4.79 Å². The average molecular weight is 391 g/mol. The summed E-state index contributed by atoms with van der Waals surface area (Å²) in [4.78, 5) is 12.6. The number of rotatable bonds is 7. The molecule has 0 spiro atoms. The molecular weight excluding hydrogens is 363 g/mol. The van der Waals surface area contributed by atoms with E-state index in [-0.39, 0.29) is 24.4 Å². The van der Waals surface area contributed by atoms with Crippen molar-refractivity contribution < 1.29 is 14.3 Å². The van der Waals surface area contributed by atoms with E-state index in [9.17, 15) is 4.79 Å². The molecule has 1 aliphatic rings. The van der Waals surface area contributed by atoms with Gasteiger partial charge in [0, 0.05) is 18.2 Å². The van der Waals surface area contributed by atoms with Gasteiger partial charge in [-0.05, 0) is 37.8 Å². The van der Waals surface area contributed by atoms with Gasteiger partial charge < -0.3 is 20.5 Å². The number of nitrogens with two attached hydrogens (primary N) is 1. The first-order valence-electron chi connectivity index (χ1n) is 8.62. The number of halogens is 2. The number of nitrogens with one attached hydrogen (secondary N) is 1. The molecule has 0 saturated heterocycles. The van der Waals surface area contributed by atoms with E-state index in [0.29, 0.717) is 41.2 Å². The molecule has 1 atom stereocenters. The molecule has 7 heteroatoms. The number of carbonyl (C=O) groups is 1. The van der Waals surface area contributed by atoms with Crippen molar-refractivity contribution >= 4 is 29.9 Å². The quantitative estimate of drug-likeness (QED) is 0.742. The molecule has 1 aliphatic carbocycles. The molecule has 1 aromatic carbocycles. The average Bonchev–Trinajstić information content (AvgIpc) is 2.61. The van der Waals surface area contributed by atoms with Gasteiger partial charge in [0.1, 0.15) is 0 Å². The van der Waals surface area contributed by atoms with Crippen LogP contribution in [0.2, 0.25) is 5.02 Å². The van der Waals surface area contributed by atoms with Crippen molar-refractivity contribution in [2.75, 3.05) is 20.3 Å². The second kappa shape index (κ2) is 10.7. The van der Waals surface area contributed by atoms with Crippen LogP contribution in [0.15, 0.2) is 12.1 Å². The highest BCUT2D eigenvalue weighted by Gasteiger charge is 2.25. The molecule has 1 amide bonds. The first kappa shape index (κ1) is 21.9. The van der Waals surface area contributed by atoms with Gasteiger partial charge in [0.2, 0.25) is 0 Å². The second-order valence-electron chi connectivity index (χ2n) is 6.14. The van der Waals surface area contributed by atoms with Gasteiger partial charge in [-0.2, -0.15) is 0 Å². The topological polar surface area (TPSA) is 73.6 Å². The van der Waals surface area contributed by atoms with E-state index in [1.807, 2.05) is 6.92 Å². The second-order valence-corrected chi connectivity index (χ2v) is 6.54. The highest BCUT2D eigenvalue weighted by atomic mass is 35.5. The summed E-state index contributed by atoms with van der Waals surface area (Å²) in [7, 11) is 1.53. The van der Waals surface area contributed by atoms with Crippen molar-refractivity contribution in [2.45, 2.75) is 45.1 Å². The summed E-state index contributed by atoms with van der Waals surface area (Å²) in [5, 5.41) is 3.43. The number of methoxy groups -OCH3 is 1. The SMILES string of the molecule is CCOc1c(Cl)cc(C(=O)NC(CN)C2CCCCC2)cc1OC.Cl. The summed E-state index contributed by atoms with van der Waals surface area (Å²) in [5.41, 5.74) is 6.35. The van der Waals surface area contributed by atoms with E-state index < -0.39 is 0 Å². The van der Waals surface area contributed by atoms with Crippen LogP contribution in [0.5, 0.6) is 11.5 Å². The third kappa shape index (κ3) is 5.66. The third-order valence-electron chi connectivity index (χ3n) is 4.57. The van der Waals surface area contributed by atoms with Crippen molar-refractivity contribution in [3.63, 3.8) is 0 Å². The molecule has 0 heterocycles. The van der Waals surface area contributed by atoms with E-state index >= 15 is 0 Å². The predicted molar refractivity (Wildman–Crippen MR) is 103 cm³/mol. The van der Waals surface area contributed by atoms with Gasteiger partial charge in [0.05, 0.1) is 18.7 Å². The van der Waals surface area contributed by atoms with Crippen LogP contribution >= 0.6 is 24.0 Å². The maximum Gasteiger partial charge on any atom is 0.251 e. The standard InChI is InChI=1S/C18H27ClN2O3.ClH/c1-3-24-17-14(19)9-13(10-16(17)23-2)18(22)21-15(11-20)12-7-5-4-6-8-12;/h9-10,12,15H,3-8,11,20H2,1-2H3,(H,21,22);1H. The molecule has 25 heavy (non-hydrogen) atoms. The zero-order valence-electron chi connectivity index (χ0n) is 14.8. The molecule has 2 rings (SSSR count). The molecule has 1 unspecified atom stereocenters. The van der Waals surface area contributed by atoms with Crippen molar-refractivity contribution in [3.8, 4) is 11.5 Å². The van der Waals surface area contributed by atoms with Gasteiger partial charge in [-0.25, -0.2) is 0 Å². The minimum atomic E-state index is -0.181. The third-order valence-corrected chi connectivity index (χ3v) is 4.85. The summed E-state index contributed by atoms with van der Waals surface area (Å²) in [6, 6.07) is 3.26. The maximum absolute atomic E-state index is 12.6. The molecule has 1 saturated carbocycles. The molecule has 142 valence electrons.